The molecule has 1 aliphatic heterocycles. The van der Waals surface area contributed by atoms with Crippen molar-refractivity contribution in [2.45, 2.75) is 36.7 Å². The standard InChI is InChI=1S/C27H31Cl2N3O5S2/c1-17-13-32(18(2)16-33)27(34)21-12-20(30-39(35,36)26-5-4-10-38-26)7-9-24(21)37-25(17)15-31(3)14-19-6-8-22(28)23(29)11-19/h4-12,17-18,25,30,33H,13-16H2,1-3H3/t17-,18-,25-/m1/s1. The van der Waals surface area contributed by atoms with Crippen LogP contribution >= 0.6 is 34.5 Å². The fourth-order valence-corrected chi connectivity index (χ4v) is 6.81. The summed E-state index contributed by atoms with van der Waals surface area (Å²) in [5.74, 6) is -0.0451. The van der Waals surface area contributed by atoms with Gasteiger partial charge in [-0.2, -0.15) is 0 Å². The molecule has 12 heteroatoms. The van der Waals surface area contributed by atoms with Gasteiger partial charge < -0.3 is 14.7 Å². The van der Waals surface area contributed by atoms with E-state index >= 15 is 0 Å². The maximum absolute atomic E-state index is 13.6. The number of aliphatic hydroxyl groups is 1. The molecule has 2 aromatic carbocycles. The van der Waals surface area contributed by atoms with Gasteiger partial charge in [-0.15, -0.1) is 11.3 Å². The molecule has 3 aromatic rings. The smallest absolute Gasteiger partial charge is 0.271 e. The Labute approximate surface area is 243 Å². The highest BCUT2D eigenvalue weighted by Crippen LogP contribution is 2.32. The minimum absolute atomic E-state index is 0.0654. The van der Waals surface area contributed by atoms with Gasteiger partial charge in [0, 0.05) is 31.2 Å². The van der Waals surface area contributed by atoms with E-state index in [4.69, 9.17) is 27.9 Å². The number of ether oxygens (including phenoxy) is 1. The fourth-order valence-electron chi connectivity index (χ4n) is 4.45. The van der Waals surface area contributed by atoms with Crippen LogP contribution in [-0.2, 0) is 16.6 Å². The number of nitrogens with one attached hydrogen (secondary N) is 1. The number of rotatable bonds is 9. The third-order valence-electron chi connectivity index (χ3n) is 6.61. The van der Waals surface area contributed by atoms with Crippen LogP contribution in [0.2, 0.25) is 10.0 Å². The predicted octanol–water partition coefficient (Wildman–Crippen LogP) is 5.21. The summed E-state index contributed by atoms with van der Waals surface area (Å²) in [6.07, 6.45) is -0.299. The number of amides is 1. The first-order valence-corrected chi connectivity index (χ1v) is 15.5. The molecule has 0 aliphatic carbocycles. The number of sulfonamides is 1. The molecular formula is C27H31Cl2N3O5S2. The van der Waals surface area contributed by atoms with E-state index in [9.17, 15) is 18.3 Å². The molecular weight excluding hydrogens is 581 g/mol. The highest BCUT2D eigenvalue weighted by molar-refractivity contribution is 7.94. The summed E-state index contributed by atoms with van der Waals surface area (Å²) in [6.45, 7) is 5.09. The van der Waals surface area contributed by atoms with Gasteiger partial charge in [-0.25, -0.2) is 8.42 Å². The second-order valence-corrected chi connectivity index (χ2v) is 13.5. The van der Waals surface area contributed by atoms with E-state index in [0.717, 1.165) is 16.9 Å². The van der Waals surface area contributed by atoms with Crippen molar-refractivity contribution in [3.63, 3.8) is 0 Å². The van der Waals surface area contributed by atoms with Crippen molar-refractivity contribution in [2.75, 3.05) is 31.5 Å². The lowest BCUT2D eigenvalue weighted by molar-refractivity contribution is 0.0341. The fraction of sp³-hybridized carbons (Fsp3) is 0.370. The summed E-state index contributed by atoms with van der Waals surface area (Å²) < 4.78 is 34.7. The number of fused-ring (bicyclic) bond motifs is 1. The van der Waals surface area contributed by atoms with Crippen LogP contribution in [0, 0.1) is 5.92 Å². The first-order chi connectivity index (χ1) is 18.5. The number of thiophene rings is 1. The summed E-state index contributed by atoms with van der Waals surface area (Å²) in [6, 6.07) is 12.9. The molecule has 0 spiro atoms. The van der Waals surface area contributed by atoms with Gasteiger partial charge in [0.25, 0.3) is 15.9 Å². The number of benzene rings is 2. The summed E-state index contributed by atoms with van der Waals surface area (Å²) in [5.41, 5.74) is 1.47. The summed E-state index contributed by atoms with van der Waals surface area (Å²) in [5, 5.41) is 12.6. The largest absolute Gasteiger partial charge is 0.488 e. The van der Waals surface area contributed by atoms with Gasteiger partial charge in [0.1, 0.15) is 16.1 Å². The molecule has 0 fully saturated rings. The van der Waals surface area contributed by atoms with Crippen LogP contribution in [0.25, 0.3) is 0 Å². The molecule has 0 unspecified atom stereocenters. The summed E-state index contributed by atoms with van der Waals surface area (Å²) in [7, 11) is -1.83. The molecule has 210 valence electrons. The van der Waals surface area contributed by atoms with Gasteiger partial charge in [0.15, 0.2) is 0 Å². The van der Waals surface area contributed by atoms with Crippen LogP contribution in [0.15, 0.2) is 58.1 Å². The second-order valence-electron chi connectivity index (χ2n) is 9.82. The Morgan fingerprint density at radius 1 is 1.21 bits per heavy atom. The van der Waals surface area contributed by atoms with Crippen molar-refractivity contribution in [1.82, 2.24) is 9.80 Å². The van der Waals surface area contributed by atoms with E-state index in [0.29, 0.717) is 35.4 Å². The van der Waals surface area contributed by atoms with E-state index < -0.39 is 16.1 Å². The average Bonchev–Trinajstić information content (AvgIpc) is 3.44. The number of nitrogens with zero attached hydrogens (tertiary/aromatic N) is 2. The van der Waals surface area contributed by atoms with E-state index in [1.807, 2.05) is 26.1 Å². The molecule has 1 aromatic heterocycles. The molecule has 3 atom stereocenters. The van der Waals surface area contributed by atoms with Crippen molar-refractivity contribution < 1.29 is 23.1 Å². The number of anilines is 1. The molecule has 0 radical (unpaired) electrons. The Kier molecular flexibility index (Phi) is 9.46. The molecule has 8 nitrogen and oxygen atoms in total. The lowest BCUT2D eigenvalue weighted by Crippen LogP contribution is -2.49. The highest BCUT2D eigenvalue weighted by atomic mass is 35.5. The second kappa shape index (κ2) is 12.4. The van der Waals surface area contributed by atoms with Gasteiger partial charge in [0.2, 0.25) is 0 Å². The average molecular weight is 613 g/mol. The van der Waals surface area contributed by atoms with Crippen LogP contribution in [0.5, 0.6) is 5.75 Å². The quantitative estimate of drug-likeness (QED) is 0.345. The first-order valence-electron chi connectivity index (χ1n) is 12.4. The number of carbonyl (C=O) groups is 1. The number of hydrogen-bond donors (Lipinski definition) is 2. The Morgan fingerprint density at radius 2 is 1.97 bits per heavy atom. The molecule has 2 N–H and O–H groups in total. The van der Waals surface area contributed by atoms with Crippen LogP contribution in [0.3, 0.4) is 0 Å². The van der Waals surface area contributed by atoms with Crippen molar-refractivity contribution in [1.29, 1.82) is 0 Å². The SMILES string of the molecule is C[C@@H]1CN([C@H](C)CO)C(=O)c2cc(NS(=O)(=O)c3cccs3)ccc2O[C@@H]1CN(C)Cc1ccc(Cl)c(Cl)c1. The van der Waals surface area contributed by atoms with Gasteiger partial charge >= 0.3 is 0 Å². The number of halogens is 2. The monoisotopic (exact) mass is 611 g/mol. The van der Waals surface area contributed by atoms with Crippen LogP contribution in [0.4, 0.5) is 5.69 Å². The maximum atomic E-state index is 13.6. The van der Waals surface area contributed by atoms with Crippen molar-refractivity contribution in [2.24, 2.45) is 5.92 Å². The zero-order chi connectivity index (χ0) is 28.3. The van der Waals surface area contributed by atoms with Gasteiger partial charge in [0.05, 0.1) is 28.3 Å². The number of hydrogen-bond acceptors (Lipinski definition) is 7. The van der Waals surface area contributed by atoms with Crippen molar-refractivity contribution >= 4 is 56.2 Å². The van der Waals surface area contributed by atoms with E-state index in [1.54, 1.807) is 41.5 Å². The summed E-state index contributed by atoms with van der Waals surface area (Å²) >= 11 is 13.3. The first kappa shape index (κ1) is 29.6. The van der Waals surface area contributed by atoms with E-state index in [-0.39, 0.29) is 40.0 Å². The van der Waals surface area contributed by atoms with Gasteiger partial charge in [-0.05, 0) is 61.3 Å². The molecule has 4 rings (SSSR count). The van der Waals surface area contributed by atoms with Gasteiger partial charge in [-0.1, -0.05) is 42.3 Å². The van der Waals surface area contributed by atoms with Crippen LogP contribution < -0.4 is 9.46 Å². The lowest BCUT2D eigenvalue weighted by Gasteiger charge is -2.38. The number of likely N-dealkylation sites (N-methyl/N-ethyl adjacent to an activating group) is 1. The lowest BCUT2D eigenvalue weighted by atomic mass is 9.99. The van der Waals surface area contributed by atoms with Gasteiger partial charge in [-0.3, -0.25) is 14.4 Å². The third kappa shape index (κ3) is 7.06. The Bertz CT molecular complexity index is 1420. The zero-order valence-corrected chi connectivity index (χ0v) is 24.9. The third-order valence-corrected chi connectivity index (χ3v) is 10.1. The zero-order valence-electron chi connectivity index (χ0n) is 21.8. The predicted molar refractivity (Wildman–Crippen MR) is 156 cm³/mol. The molecule has 0 bridgehead atoms. The summed E-state index contributed by atoms with van der Waals surface area (Å²) in [4.78, 5) is 17.4. The normalized spacial score (nSPS) is 18.7. The molecule has 2 heterocycles. The molecule has 1 amide bonds. The Hall–Kier alpha value is -2.34. The minimum atomic E-state index is -3.80. The Balaban J connectivity index is 1.62. The Morgan fingerprint density at radius 3 is 2.64 bits per heavy atom. The topological polar surface area (TPSA) is 99.2 Å². The van der Waals surface area contributed by atoms with E-state index in [1.165, 1.54) is 12.1 Å². The maximum Gasteiger partial charge on any atom is 0.271 e. The highest BCUT2D eigenvalue weighted by Gasteiger charge is 2.33. The number of carbonyl (C=O) groups excluding carboxylic acids is 1. The molecule has 0 saturated carbocycles. The van der Waals surface area contributed by atoms with Crippen LogP contribution in [0.1, 0.15) is 29.8 Å². The van der Waals surface area contributed by atoms with E-state index in [2.05, 4.69) is 9.62 Å². The number of aliphatic hydroxyl groups excluding tert-OH is 1. The van der Waals surface area contributed by atoms with Crippen LogP contribution in [-0.4, -0.2) is 68.1 Å². The molecule has 0 saturated heterocycles. The molecule has 39 heavy (non-hydrogen) atoms. The minimum Gasteiger partial charge on any atom is -0.488 e. The molecule has 1 aliphatic rings. The van der Waals surface area contributed by atoms with Crippen molar-refractivity contribution in [3.8, 4) is 5.75 Å². The van der Waals surface area contributed by atoms with Crippen molar-refractivity contribution in [3.05, 3.63) is 75.1 Å².